The Kier molecular flexibility index (Phi) is 6.12. The van der Waals surface area contributed by atoms with Crippen LogP contribution in [0.2, 0.25) is 0 Å². The lowest BCUT2D eigenvalue weighted by Gasteiger charge is -2.07. The van der Waals surface area contributed by atoms with Gasteiger partial charge < -0.3 is 10.6 Å². The maximum atomic E-state index is 3.47. The van der Waals surface area contributed by atoms with Crippen molar-refractivity contribution in [2.45, 2.75) is 33.7 Å². The van der Waals surface area contributed by atoms with Gasteiger partial charge in [0.25, 0.3) is 0 Å². The third-order valence-electron chi connectivity index (χ3n) is 2.86. The molecule has 0 radical (unpaired) electrons. The lowest BCUT2D eigenvalue weighted by atomic mass is 10.1. The summed E-state index contributed by atoms with van der Waals surface area (Å²) in [6.45, 7) is 10.7. The van der Waals surface area contributed by atoms with Crippen LogP contribution in [0, 0.1) is 13.8 Å². The highest BCUT2D eigenvalue weighted by Crippen LogP contribution is 2.09. The predicted octanol–water partition coefficient (Wildman–Crippen LogP) is 2.39. The van der Waals surface area contributed by atoms with Crippen molar-refractivity contribution < 1.29 is 0 Å². The molecule has 0 fully saturated rings. The van der Waals surface area contributed by atoms with Gasteiger partial charge in [-0.05, 0) is 56.6 Å². The molecule has 0 aliphatic heterocycles. The minimum Gasteiger partial charge on any atom is -0.317 e. The normalized spacial score (nSPS) is 10.7. The van der Waals surface area contributed by atoms with Crippen LogP contribution in [0.1, 0.15) is 30.0 Å². The van der Waals surface area contributed by atoms with Gasteiger partial charge in [0, 0.05) is 6.54 Å². The molecule has 2 nitrogen and oxygen atoms in total. The van der Waals surface area contributed by atoms with Crippen LogP contribution >= 0.6 is 0 Å². The van der Waals surface area contributed by atoms with Gasteiger partial charge in [0.05, 0.1) is 0 Å². The maximum absolute atomic E-state index is 3.47. The molecule has 2 heteroatoms. The van der Waals surface area contributed by atoms with E-state index in [1.165, 1.54) is 23.1 Å². The van der Waals surface area contributed by atoms with Crippen LogP contribution in [0.5, 0.6) is 0 Å². The average molecular weight is 220 g/mol. The van der Waals surface area contributed by atoms with E-state index in [1.807, 2.05) is 0 Å². The summed E-state index contributed by atoms with van der Waals surface area (Å²) in [6.07, 6.45) is 1.19. The number of nitrogens with one attached hydrogen (secondary N) is 2. The third-order valence-corrected chi connectivity index (χ3v) is 2.86. The van der Waals surface area contributed by atoms with Gasteiger partial charge in [-0.1, -0.05) is 25.1 Å². The molecule has 0 bridgehead atoms. The van der Waals surface area contributed by atoms with Crippen molar-refractivity contribution in [3.8, 4) is 0 Å². The summed E-state index contributed by atoms with van der Waals surface area (Å²) < 4.78 is 0. The molecular formula is C14H24N2. The minimum atomic E-state index is 0.979. The molecule has 1 aromatic rings. The molecule has 0 saturated carbocycles. The van der Waals surface area contributed by atoms with Crippen LogP contribution in [0.25, 0.3) is 0 Å². The molecule has 2 N–H and O–H groups in total. The van der Waals surface area contributed by atoms with E-state index in [0.29, 0.717) is 0 Å². The van der Waals surface area contributed by atoms with E-state index in [4.69, 9.17) is 0 Å². The second-order valence-electron chi connectivity index (χ2n) is 4.30. The molecule has 0 amide bonds. The van der Waals surface area contributed by atoms with Crippen molar-refractivity contribution in [1.29, 1.82) is 0 Å². The van der Waals surface area contributed by atoms with Gasteiger partial charge in [-0.3, -0.25) is 0 Å². The van der Waals surface area contributed by atoms with Crippen LogP contribution in [0.3, 0.4) is 0 Å². The minimum absolute atomic E-state index is 0.979. The zero-order valence-electron chi connectivity index (χ0n) is 10.8. The number of hydrogen-bond acceptors (Lipinski definition) is 2. The number of benzene rings is 1. The quantitative estimate of drug-likeness (QED) is 0.690. The van der Waals surface area contributed by atoms with E-state index in [9.17, 15) is 0 Å². The fourth-order valence-corrected chi connectivity index (χ4v) is 1.66. The zero-order valence-corrected chi connectivity index (χ0v) is 10.8. The first-order chi connectivity index (χ1) is 7.74. The van der Waals surface area contributed by atoms with E-state index in [1.54, 1.807) is 0 Å². The summed E-state index contributed by atoms with van der Waals surface area (Å²) in [5, 5.41) is 6.79. The largest absolute Gasteiger partial charge is 0.317 e. The molecule has 1 rings (SSSR count). The van der Waals surface area contributed by atoms with E-state index >= 15 is 0 Å². The molecule has 0 heterocycles. The molecule has 1 aromatic carbocycles. The van der Waals surface area contributed by atoms with Gasteiger partial charge in [0.2, 0.25) is 0 Å². The Labute approximate surface area is 99.5 Å². The highest BCUT2D eigenvalue weighted by molar-refractivity contribution is 5.29. The predicted molar refractivity (Wildman–Crippen MR) is 70.8 cm³/mol. The summed E-state index contributed by atoms with van der Waals surface area (Å²) >= 11 is 0. The van der Waals surface area contributed by atoms with Crippen molar-refractivity contribution in [2.75, 3.05) is 19.6 Å². The SMILES string of the molecule is CCNCCCNCc1ccc(C)c(C)c1. The molecule has 0 unspecified atom stereocenters. The molecule has 0 spiro atoms. The van der Waals surface area contributed by atoms with Crippen molar-refractivity contribution in [3.63, 3.8) is 0 Å². The van der Waals surface area contributed by atoms with Crippen molar-refractivity contribution in [3.05, 3.63) is 34.9 Å². The topological polar surface area (TPSA) is 24.1 Å². The monoisotopic (exact) mass is 220 g/mol. The van der Waals surface area contributed by atoms with Gasteiger partial charge in [-0.2, -0.15) is 0 Å². The Balaban J connectivity index is 2.19. The van der Waals surface area contributed by atoms with Crippen LogP contribution in [0.4, 0.5) is 0 Å². The molecular weight excluding hydrogens is 196 g/mol. The fourth-order valence-electron chi connectivity index (χ4n) is 1.66. The molecule has 0 aromatic heterocycles. The van der Waals surface area contributed by atoms with Crippen molar-refractivity contribution in [2.24, 2.45) is 0 Å². The lowest BCUT2D eigenvalue weighted by molar-refractivity contribution is 0.606. The highest BCUT2D eigenvalue weighted by atomic mass is 14.9. The standard InChI is InChI=1S/C14H24N2/c1-4-15-8-5-9-16-11-14-7-6-12(2)13(3)10-14/h6-7,10,15-16H,4-5,8-9,11H2,1-3H3. The van der Waals surface area contributed by atoms with Crippen LogP contribution in [-0.4, -0.2) is 19.6 Å². The van der Waals surface area contributed by atoms with Gasteiger partial charge in [0.15, 0.2) is 0 Å². The van der Waals surface area contributed by atoms with E-state index in [-0.39, 0.29) is 0 Å². The van der Waals surface area contributed by atoms with E-state index in [2.05, 4.69) is 49.6 Å². The highest BCUT2D eigenvalue weighted by Gasteiger charge is 1.95. The Morgan fingerprint density at radius 2 is 1.75 bits per heavy atom. The smallest absolute Gasteiger partial charge is 0.0205 e. The molecule has 0 saturated heterocycles. The number of aryl methyl sites for hydroxylation is 2. The van der Waals surface area contributed by atoms with E-state index in [0.717, 1.165) is 26.2 Å². The Bertz CT molecular complexity index is 308. The Morgan fingerprint density at radius 3 is 2.44 bits per heavy atom. The van der Waals surface area contributed by atoms with Gasteiger partial charge in [-0.15, -0.1) is 0 Å². The Hall–Kier alpha value is -0.860. The lowest BCUT2D eigenvalue weighted by Crippen LogP contribution is -2.21. The zero-order chi connectivity index (χ0) is 11.8. The molecule has 90 valence electrons. The summed E-state index contributed by atoms with van der Waals surface area (Å²) in [5.74, 6) is 0. The summed E-state index contributed by atoms with van der Waals surface area (Å²) in [4.78, 5) is 0. The van der Waals surface area contributed by atoms with Crippen LogP contribution in [0.15, 0.2) is 18.2 Å². The van der Waals surface area contributed by atoms with Crippen molar-refractivity contribution in [1.82, 2.24) is 10.6 Å². The van der Waals surface area contributed by atoms with Crippen LogP contribution in [-0.2, 0) is 6.54 Å². The average Bonchev–Trinajstić information content (AvgIpc) is 2.28. The first kappa shape index (κ1) is 13.2. The second-order valence-corrected chi connectivity index (χ2v) is 4.30. The summed E-state index contributed by atoms with van der Waals surface area (Å²) in [7, 11) is 0. The Morgan fingerprint density at radius 1 is 1.00 bits per heavy atom. The number of rotatable bonds is 7. The summed E-state index contributed by atoms with van der Waals surface area (Å²) in [6, 6.07) is 6.68. The van der Waals surface area contributed by atoms with Gasteiger partial charge in [0.1, 0.15) is 0 Å². The van der Waals surface area contributed by atoms with Gasteiger partial charge >= 0.3 is 0 Å². The molecule has 0 aliphatic carbocycles. The first-order valence-corrected chi connectivity index (χ1v) is 6.21. The first-order valence-electron chi connectivity index (χ1n) is 6.21. The molecule has 16 heavy (non-hydrogen) atoms. The molecule has 0 atom stereocenters. The summed E-state index contributed by atoms with van der Waals surface area (Å²) in [5.41, 5.74) is 4.13. The van der Waals surface area contributed by atoms with E-state index < -0.39 is 0 Å². The molecule has 0 aliphatic rings. The third kappa shape index (κ3) is 4.77. The fraction of sp³-hybridized carbons (Fsp3) is 0.571. The maximum Gasteiger partial charge on any atom is 0.0205 e. The van der Waals surface area contributed by atoms with Crippen molar-refractivity contribution >= 4 is 0 Å². The van der Waals surface area contributed by atoms with Crippen LogP contribution < -0.4 is 10.6 Å². The second kappa shape index (κ2) is 7.42. The van der Waals surface area contributed by atoms with Gasteiger partial charge in [-0.25, -0.2) is 0 Å². The number of hydrogen-bond donors (Lipinski definition) is 2.